The molecule has 1 N–H and O–H groups in total. The van der Waals surface area contributed by atoms with Gasteiger partial charge in [-0.3, -0.25) is 14.2 Å². The van der Waals surface area contributed by atoms with E-state index in [2.05, 4.69) is 15.3 Å². The van der Waals surface area contributed by atoms with Crippen LogP contribution < -0.4 is 16.6 Å². The zero-order valence-corrected chi connectivity index (χ0v) is 17.5. The van der Waals surface area contributed by atoms with Crippen LogP contribution in [-0.4, -0.2) is 51.3 Å². The highest BCUT2D eigenvalue weighted by molar-refractivity contribution is 5.91. The number of carbonyl (C=O) groups excluding carboxylic acids is 1. The van der Waals surface area contributed by atoms with Crippen molar-refractivity contribution in [2.45, 2.75) is 19.4 Å². The molecule has 0 aliphatic carbocycles. The van der Waals surface area contributed by atoms with Crippen LogP contribution in [0.4, 0.5) is 4.39 Å². The predicted molar refractivity (Wildman–Crippen MR) is 118 cm³/mol. The van der Waals surface area contributed by atoms with Crippen LogP contribution in [0, 0.1) is 5.82 Å². The number of hydrogen-bond donors (Lipinski definition) is 1. The standard InChI is InChI=1S/C23H24FN5O3/c24-19-11-5-4-8-17(19)16-28-22(31)20(21(30)25-12-15-27-13-6-7-14-27)26-29(23(28)32)18-9-2-1-3-10-18/h1-5,8-11H,6-7,12-16H2,(H,25,30). The second kappa shape index (κ2) is 9.69. The van der Waals surface area contributed by atoms with Crippen LogP contribution >= 0.6 is 0 Å². The van der Waals surface area contributed by atoms with E-state index in [9.17, 15) is 18.8 Å². The van der Waals surface area contributed by atoms with Crippen molar-refractivity contribution >= 4 is 5.91 Å². The summed E-state index contributed by atoms with van der Waals surface area (Å²) >= 11 is 0. The summed E-state index contributed by atoms with van der Waals surface area (Å²) in [6.45, 7) is 2.70. The normalized spacial score (nSPS) is 13.9. The molecular weight excluding hydrogens is 413 g/mol. The third-order valence-corrected chi connectivity index (χ3v) is 5.47. The number of rotatable bonds is 7. The maximum atomic E-state index is 14.2. The fraction of sp³-hybridized carbons (Fsp3) is 0.304. The van der Waals surface area contributed by atoms with Crippen LogP contribution in [0.3, 0.4) is 0 Å². The monoisotopic (exact) mass is 437 g/mol. The lowest BCUT2D eigenvalue weighted by atomic mass is 10.2. The van der Waals surface area contributed by atoms with Gasteiger partial charge in [0.2, 0.25) is 5.69 Å². The van der Waals surface area contributed by atoms with Crippen molar-refractivity contribution in [3.05, 3.63) is 92.5 Å². The first kappa shape index (κ1) is 21.6. The van der Waals surface area contributed by atoms with Gasteiger partial charge in [-0.25, -0.2) is 9.18 Å². The van der Waals surface area contributed by atoms with E-state index < -0.39 is 28.7 Å². The largest absolute Gasteiger partial charge is 0.352 e. The molecule has 2 heterocycles. The van der Waals surface area contributed by atoms with Crippen LogP contribution in [0.2, 0.25) is 0 Å². The van der Waals surface area contributed by atoms with Crippen molar-refractivity contribution in [2.24, 2.45) is 0 Å². The summed E-state index contributed by atoms with van der Waals surface area (Å²) < 4.78 is 16.1. The zero-order chi connectivity index (χ0) is 22.5. The highest BCUT2D eigenvalue weighted by atomic mass is 19.1. The molecule has 3 aromatic rings. The lowest BCUT2D eigenvalue weighted by Gasteiger charge is -2.15. The maximum Gasteiger partial charge on any atom is 0.352 e. The number of nitrogens with one attached hydrogen (secondary N) is 1. The highest BCUT2D eigenvalue weighted by Gasteiger charge is 2.21. The van der Waals surface area contributed by atoms with Gasteiger partial charge in [0, 0.05) is 18.7 Å². The molecule has 0 radical (unpaired) electrons. The van der Waals surface area contributed by atoms with Gasteiger partial charge in [0.15, 0.2) is 0 Å². The van der Waals surface area contributed by atoms with E-state index in [-0.39, 0.29) is 12.1 Å². The molecule has 0 unspecified atom stereocenters. The van der Waals surface area contributed by atoms with Gasteiger partial charge >= 0.3 is 5.69 Å². The van der Waals surface area contributed by atoms with E-state index >= 15 is 0 Å². The Morgan fingerprint density at radius 1 is 1.00 bits per heavy atom. The molecule has 2 aromatic carbocycles. The predicted octanol–water partition coefficient (Wildman–Crippen LogP) is 1.41. The molecule has 1 saturated heterocycles. The molecule has 0 spiro atoms. The molecule has 1 fully saturated rings. The van der Waals surface area contributed by atoms with Gasteiger partial charge in [0.1, 0.15) is 5.82 Å². The van der Waals surface area contributed by atoms with E-state index in [1.54, 1.807) is 36.4 Å². The van der Waals surface area contributed by atoms with Gasteiger partial charge < -0.3 is 10.2 Å². The van der Waals surface area contributed by atoms with Crippen LogP contribution in [0.25, 0.3) is 5.69 Å². The summed E-state index contributed by atoms with van der Waals surface area (Å²) in [5, 5.41) is 6.79. The third-order valence-electron chi connectivity index (χ3n) is 5.47. The zero-order valence-electron chi connectivity index (χ0n) is 17.5. The summed E-state index contributed by atoms with van der Waals surface area (Å²) in [6, 6.07) is 14.4. The lowest BCUT2D eigenvalue weighted by molar-refractivity contribution is 0.0940. The van der Waals surface area contributed by atoms with Crippen LogP contribution in [-0.2, 0) is 6.54 Å². The average molecular weight is 437 g/mol. The molecule has 9 heteroatoms. The molecule has 1 aliphatic rings. The minimum absolute atomic E-state index is 0.165. The number of amides is 1. The van der Waals surface area contributed by atoms with Crippen molar-refractivity contribution < 1.29 is 9.18 Å². The Labute approximate surface area is 183 Å². The second-order valence-electron chi connectivity index (χ2n) is 7.67. The van der Waals surface area contributed by atoms with E-state index in [1.807, 2.05) is 0 Å². The summed E-state index contributed by atoms with van der Waals surface area (Å²) in [7, 11) is 0. The molecule has 1 aromatic heterocycles. The first-order valence-corrected chi connectivity index (χ1v) is 10.6. The first-order valence-electron chi connectivity index (χ1n) is 10.6. The molecule has 4 rings (SSSR count). The van der Waals surface area contributed by atoms with E-state index in [1.165, 1.54) is 18.2 Å². The maximum absolute atomic E-state index is 14.2. The quantitative estimate of drug-likeness (QED) is 0.604. The minimum atomic E-state index is -0.857. The Balaban J connectivity index is 1.70. The van der Waals surface area contributed by atoms with Crippen LogP contribution in [0.1, 0.15) is 28.9 Å². The van der Waals surface area contributed by atoms with Crippen molar-refractivity contribution in [2.75, 3.05) is 26.2 Å². The van der Waals surface area contributed by atoms with Crippen LogP contribution in [0.15, 0.2) is 64.2 Å². The Kier molecular flexibility index (Phi) is 6.55. The van der Waals surface area contributed by atoms with Gasteiger partial charge in [0.25, 0.3) is 11.5 Å². The lowest BCUT2D eigenvalue weighted by Crippen LogP contribution is -2.46. The summed E-state index contributed by atoms with van der Waals surface area (Å²) in [5.41, 5.74) is -1.46. The van der Waals surface area contributed by atoms with Crippen LogP contribution in [0.5, 0.6) is 0 Å². The van der Waals surface area contributed by atoms with Gasteiger partial charge in [-0.15, -0.1) is 0 Å². The number of halogens is 1. The summed E-state index contributed by atoms with van der Waals surface area (Å²) in [5.74, 6) is -1.21. The Morgan fingerprint density at radius 3 is 2.41 bits per heavy atom. The number of aromatic nitrogens is 3. The summed E-state index contributed by atoms with van der Waals surface area (Å²) in [4.78, 5) is 41.2. The van der Waals surface area contributed by atoms with Gasteiger partial charge in [0.05, 0.1) is 12.2 Å². The molecule has 0 atom stereocenters. The SMILES string of the molecule is O=C(NCCN1CCCC1)c1nn(-c2ccccc2)c(=O)n(Cc2ccccc2F)c1=O. The van der Waals surface area contributed by atoms with E-state index in [0.717, 1.165) is 35.2 Å². The minimum Gasteiger partial charge on any atom is -0.349 e. The molecular formula is C23H24FN5O3. The average Bonchev–Trinajstić information content (AvgIpc) is 3.32. The van der Waals surface area contributed by atoms with Gasteiger partial charge in [-0.05, 0) is 44.1 Å². The topological polar surface area (TPSA) is 89.2 Å². The molecule has 8 nitrogen and oxygen atoms in total. The number of likely N-dealkylation sites (tertiary alicyclic amines) is 1. The summed E-state index contributed by atoms with van der Waals surface area (Å²) in [6.07, 6.45) is 2.27. The van der Waals surface area contributed by atoms with Crippen molar-refractivity contribution in [1.29, 1.82) is 0 Å². The van der Waals surface area contributed by atoms with E-state index in [0.29, 0.717) is 18.8 Å². The van der Waals surface area contributed by atoms with Crippen molar-refractivity contribution in [1.82, 2.24) is 24.6 Å². The van der Waals surface area contributed by atoms with Gasteiger partial charge in [-0.1, -0.05) is 36.4 Å². The number of carbonyl (C=O) groups is 1. The first-order chi connectivity index (χ1) is 15.5. The number of para-hydroxylation sites is 1. The molecule has 1 amide bonds. The van der Waals surface area contributed by atoms with Crippen molar-refractivity contribution in [3.63, 3.8) is 0 Å². The van der Waals surface area contributed by atoms with Crippen molar-refractivity contribution in [3.8, 4) is 5.69 Å². The molecule has 1 aliphatic heterocycles. The fourth-order valence-corrected chi connectivity index (χ4v) is 3.75. The Hall–Kier alpha value is -3.59. The molecule has 166 valence electrons. The second-order valence-corrected chi connectivity index (χ2v) is 7.67. The van der Waals surface area contributed by atoms with E-state index in [4.69, 9.17) is 0 Å². The smallest absolute Gasteiger partial charge is 0.349 e. The fourth-order valence-electron chi connectivity index (χ4n) is 3.75. The number of nitrogens with zero attached hydrogens (tertiary/aromatic N) is 4. The van der Waals surface area contributed by atoms with Gasteiger partial charge in [-0.2, -0.15) is 9.78 Å². The molecule has 0 saturated carbocycles. The Bertz CT molecular complexity index is 1220. The Morgan fingerprint density at radius 2 is 1.69 bits per heavy atom. The highest BCUT2D eigenvalue weighted by Crippen LogP contribution is 2.08. The molecule has 32 heavy (non-hydrogen) atoms. The number of benzene rings is 2. The number of hydrogen-bond acceptors (Lipinski definition) is 5. The molecule has 0 bridgehead atoms. The third kappa shape index (κ3) is 4.67.